The lowest BCUT2D eigenvalue weighted by molar-refractivity contribution is 0.0733. The predicted octanol–water partition coefficient (Wildman–Crippen LogP) is 4.72. The van der Waals surface area contributed by atoms with Crippen molar-refractivity contribution in [2.24, 2.45) is 0 Å². The van der Waals surface area contributed by atoms with Gasteiger partial charge in [-0.05, 0) is 78.4 Å². The van der Waals surface area contributed by atoms with Crippen LogP contribution in [0.1, 0.15) is 66.8 Å². The van der Waals surface area contributed by atoms with E-state index >= 15 is 0 Å². The number of rotatable bonds is 7. The lowest BCUT2D eigenvalue weighted by atomic mass is 10.0. The molecular formula is C26H34FN5O. The highest BCUT2D eigenvalue weighted by molar-refractivity contribution is 6.06. The fourth-order valence-electron chi connectivity index (χ4n) is 4.09. The van der Waals surface area contributed by atoms with E-state index in [4.69, 9.17) is 10.1 Å². The van der Waals surface area contributed by atoms with Gasteiger partial charge in [-0.1, -0.05) is 12.1 Å². The molecule has 176 valence electrons. The van der Waals surface area contributed by atoms with Crippen LogP contribution in [0.5, 0.6) is 0 Å². The number of pyridine rings is 1. The van der Waals surface area contributed by atoms with Gasteiger partial charge in [0.2, 0.25) is 0 Å². The summed E-state index contributed by atoms with van der Waals surface area (Å²) in [5.74, 6) is 0.101. The fourth-order valence-corrected chi connectivity index (χ4v) is 4.09. The number of halogens is 1. The Labute approximate surface area is 195 Å². The van der Waals surface area contributed by atoms with Crippen LogP contribution in [0.3, 0.4) is 0 Å². The molecule has 1 aromatic carbocycles. The quantitative estimate of drug-likeness (QED) is 0.522. The molecule has 1 fully saturated rings. The van der Waals surface area contributed by atoms with E-state index in [1.54, 1.807) is 12.1 Å². The van der Waals surface area contributed by atoms with Crippen LogP contribution in [0.2, 0.25) is 0 Å². The van der Waals surface area contributed by atoms with Crippen molar-refractivity contribution in [3.05, 3.63) is 58.7 Å². The van der Waals surface area contributed by atoms with Gasteiger partial charge in [-0.2, -0.15) is 5.10 Å². The second-order valence-corrected chi connectivity index (χ2v) is 10.4. The van der Waals surface area contributed by atoms with Crippen molar-refractivity contribution in [3.8, 4) is 0 Å². The molecule has 0 radical (unpaired) electrons. The molecule has 0 aliphatic heterocycles. The average molecular weight is 452 g/mol. The molecule has 2 heterocycles. The Balaban J connectivity index is 1.80. The van der Waals surface area contributed by atoms with Crippen molar-refractivity contribution >= 4 is 16.9 Å². The maximum Gasteiger partial charge on any atom is 0.255 e. The van der Waals surface area contributed by atoms with E-state index in [0.717, 1.165) is 47.4 Å². The Morgan fingerprint density at radius 2 is 1.82 bits per heavy atom. The molecule has 0 unspecified atom stereocenters. The Morgan fingerprint density at radius 1 is 1.15 bits per heavy atom. The lowest BCUT2D eigenvalue weighted by Crippen LogP contribution is -2.36. The molecule has 3 aromatic rings. The maximum absolute atomic E-state index is 14.0. The zero-order valence-corrected chi connectivity index (χ0v) is 20.5. The summed E-state index contributed by atoms with van der Waals surface area (Å²) in [6.07, 6.45) is 2.21. The molecule has 6 nitrogen and oxygen atoms in total. The number of likely N-dealkylation sites (N-methyl/N-ethyl adjacent to an activating group) is 1. The van der Waals surface area contributed by atoms with Gasteiger partial charge in [0.15, 0.2) is 5.65 Å². The van der Waals surface area contributed by atoms with Crippen LogP contribution in [0.25, 0.3) is 11.0 Å². The van der Waals surface area contributed by atoms with Gasteiger partial charge in [-0.25, -0.2) is 14.1 Å². The summed E-state index contributed by atoms with van der Waals surface area (Å²) < 4.78 is 15.4. The van der Waals surface area contributed by atoms with Crippen molar-refractivity contribution in [2.45, 2.75) is 58.5 Å². The van der Waals surface area contributed by atoms with Gasteiger partial charge in [0.25, 0.3) is 5.91 Å². The molecule has 33 heavy (non-hydrogen) atoms. The highest BCUT2D eigenvalue weighted by Crippen LogP contribution is 2.41. The van der Waals surface area contributed by atoms with E-state index in [9.17, 15) is 9.18 Å². The van der Waals surface area contributed by atoms with Crippen LogP contribution >= 0.6 is 0 Å². The predicted molar refractivity (Wildman–Crippen MR) is 129 cm³/mol. The third kappa shape index (κ3) is 5.08. The van der Waals surface area contributed by atoms with Crippen LogP contribution in [0.15, 0.2) is 30.3 Å². The summed E-state index contributed by atoms with van der Waals surface area (Å²) in [6, 6.07) is 8.35. The normalized spacial score (nSPS) is 14.3. The van der Waals surface area contributed by atoms with Gasteiger partial charge >= 0.3 is 0 Å². The standard InChI is InChI=1S/C26H34FN5O/c1-17-23-21(15-22(19-9-10-19)28-24(23)32(29-17)26(2,3)4)25(33)31(14-13-30(5)6)16-18-7-11-20(27)12-8-18/h7-8,11-12,15,19H,9-10,13-14,16H2,1-6H3. The first-order valence-corrected chi connectivity index (χ1v) is 11.6. The minimum atomic E-state index is -0.278. The summed E-state index contributed by atoms with van der Waals surface area (Å²) in [5.41, 5.74) is 3.88. The molecule has 2 aromatic heterocycles. The third-order valence-electron chi connectivity index (χ3n) is 6.09. The van der Waals surface area contributed by atoms with Gasteiger partial charge in [-0.3, -0.25) is 4.79 Å². The van der Waals surface area contributed by atoms with Crippen LogP contribution < -0.4 is 0 Å². The minimum Gasteiger partial charge on any atom is -0.333 e. The zero-order valence-electron chi connectivity index (χ0n) is 20.5. The molecule has 1 saturated carbocycles. The van der Waals surface area contributed by atoms with Crippen LogP contribution in [-0.2, 0) is 12.1 Å². The van der Waals surface area contributed by atoms with E-state index < -0.39 is 0 Å². The molecular weight excluding hydrogens is 417 g/mol. The van der Waals surface area contributed by atoms with Crippen molar-refractivity contribution in [1.82, 2.24) is 24.6 Å². The Hall–Kier alpha value is -2.80. The zero-order chi connectivity index (χ0) is 23.9. The van der Waals surface area contributed by atoms with Gasteiger partial charge in [0.1, 0.15) is 5.82 Å². The fraction of sp³-hybridized carbons (Fsp3) is 0.500. The SMILES string of the molecule is Cc1nn(C(C)(C)C)c2nc(C3CC3)cc(C(=O)N(CCN(C)C)Cc3ccc(F)cc3)c12. The van der Waals surface area contributed by atoms with Gasteiger partial charge in [0, 0.05) is 31.2 Å². The summed E-state index contributed by atoms with van der Waals surface area (Å²) in [4.78, 5) is 22.9. The van der Waals surface area contributed by atoms with E-state index in [2.05, 4.69) is 25.7 Å². The number of amides is 1. The highest BCUT2D eigenvalue weighted by Gasteiger charge is 2.31. The van der Waals surface area contributed by atoms with E-state index in [-0.39, 0.29) is 17.3 Å². The van der Waals surface area contributed by atoms with Gasteiger partial charge in [0.05, 0.1) is 22.2 Å². The number of aromatic nitrogens is 3. The molecule has 1 aliphatic rings. The Morgan fingerprint density at radius 3 is 2.39 bits per heavy atom. The summed E-state index contributed by atoms with van der Waals surface area (Å²) in [6.45, 7) is 9.97. The second kappa shape index (κ2) is 8.86. The summed E-state index contributed by atoms with van der Waals surface area (Å²) >= 11 is 0. The maximum atomic E-state index is 14.0. The van der Waals surface area contributed by atoms with Gasteiger partial charge < -0.3 is 9.80 Å². The smallest absolute Gasteiger partial charge is 0.255 e. The first-order chi connectivity index (χ1) is 15.5. The molecule has 4 rings (SSSR count). The molecule has 0 atom stereocenters. The monoisotopic (exact) mass is 451 g/mol. The number of aryl methyl sites for hydroxylation is 1. The lowest BCUT2D eigenvalue weighted by Gasteiger charge is -2.25. The first-order valence-electron chi connectivity index (χ1n) is 11.6. The molecule has 0 spiro atoms. The second-order valence-electron chi connectivity index (χ2n) is 10.4. The van der Waals surface area contributed by atoms with Crippen LogP contribution in [0, 0.1) is 12.7 Å². The number of carbonyl (C=O) groups is 1. The van der Waals surface area contributed by atoms with Crippen LogP contribution in [-0.4, -0.2) is 57.7 Å². The van der Waals surface area contributed by atoms with Crippen LogP contribution in [0.4, 0.5) is 4.39 Å². The van der Waals surface area contributed by atoms with Crippen molar-refractivity contribution < 1.29 is 9.18 Å². The molecule has 0 N–H and O–H groups in total. The number of fused-ring (bicyclic) bond motifs is 1. The molecule has 1 aliphatic carbocycles. The molecule has 1 amide bonds. The third-order valence-corrected chi connectivity index (χ3v) is 6.09. The first kappa shape index (κ1) is 23.4. The highest BCUT2D eigenvalue weighted by atomic mass is 19.1. The Kier molecular flexibility index (Phi) is 6.27. The van der Waals surface area contributed by atoms with Gasteiger partial charge in [-0.15, -0.1) is 0 Å². The molecule has 0 bridgehead atoms. The average Bonchev–Trinajstić information content (AvgIpc) is 3.54. The van der Waals surface area contributed by atoms with E-state index in [0.29, 0.717) is 24.6 Å². The number of nitrogens with zero attached hydrogens (tertiary/aromatic N) is 5. The number of carbonyl (C=O) groups excluding carboxylic acids is 1. The molecule has 0 saturated heterocycles. The minimum absolute atomic E-state index is 0.0352. The van der Waals surface area contributed by atoms with Crippen molar-refractivity contribution in [1.29, 1.82) is 0 Å². The van der Waals surface area contributed by atoms with Crippen molar-refractivity contribution in [2.75, 3.05) is 27.2 Å². The Bertz CT molecular complexity index is 1160. The van der Waals surface area contributed by atoms with E-state index in [1.165, 1.54) is 12.1 Å². The largest absolute Gasteiger partial charge is 0.333 e. The summed E-state index contributed by atoms with van der Waals surface area (Å²) in [7, 11) is 3.99. The number of benzene rings is 1. The van der Waals surface area contributed by atoms with Crippen molar-refractivity contribution in [3.63, 3.8) is 0 Å². The summed E-state index contributed by atoms with van der Waals surface area (Å²) in [5, 5.41) is 5.61. The van der Waals surface area contributed by atoms with E-state index in [1.807, 2.05) is 36.7 Å². The number of hydrogen-bond donors (Lipinski definition) is 0. The topological polar surface area (TPSA) is 54.3 Å². The molecule has 7 heteroatoms. The number of hydrogen-bond acceptors (Lipinski definition) is 4.